The summed E-state index contributed by atoms with van der Waals surface area (Å²) in [5, 5.41) is 3.01. The Hall–Kier alpha value is -2.16. The average molecular weight is 443 g/mol. The molecule has 0 amide bonds. The molecule has 2 aromatic rings. The van der Waals surface area contributed by atoms with E-state index in [4.69, 9.17) is 19.9 Å². The Morgan fingerprint density at radius 1 is 1.00 bits per heavy atom. The molecular formula is C17H22IN3O3. The first-order chi connectivity index (χ1) is 11.2. The standard InChI is InChI=1S/C17H21N3O3.HI/c1-21-13-7-9-14(10-8-13)23-12-11-19-17(18)20-15-5-3-4-6-16(15)22-2;/h3-10H,11-12H2,1-2H3,(H3,18,19,20);1H. The highest BCUT2D eigenvalue weighted by molar-refractivity contribution is 14.0. The van der Waals surface area contributed by atoms with Gasteiger partial charge in [-0.05, 0) is 36.4 Å². The van der Waals surface area contributed by atoms with Gasteiger partial charge in [-0.1, -0.05) is 12.1 Å². The molecule has 2 aromatic carbocycles. The van der Waals surface area contributed by atoms with Crippen molar-refractivity contribution in [2.24, 2.45) is 10.7 Å². The summed E-state index contributed by atoms with van der Waals surface area (Å²) in [4.78, 5) is 4.22. The summed E-state index contributed by atoms with van der Waals surface area (Å²) in [6, 6.07) is 14.9. The Bertz CT molecular complexity index is 648. The zero-order valence-electron chi connectivity index (χ0n) is 13.7. The zero-order chi connectivity index (χ0) is 16.5. The molecular weight excluding hydrogens is 421 g/mol. The largest absolute Gasteiger partial charge is 0.497 e. The maximum absolute atomic E-state index is 5.86. The van der Waals surface area contributed by atoms with Gasteiger partial charge in [-0.15, -0.1) is 24.0 Å². The van der Waals surface area contributed by atoms with Gasteiger partial charge in [0.25, 0.3) is 0 Å². The summed E-state index contributed by atoms with van der Waals surface area (Å²) < 4.78 is 15.9. The van der Waals surface area contributed by atoms with Crippen LogP contribution in [0.3, 0.4) is 0 Å². The first-order valence-electron chi connectivity index (χ1n) is 7.19. The topological polar surface area (TPSA) is 78.1 Å². The van der Waals surface area contributed by atoms with Crippen molar-refractivity contribution in [1.29, 1.82) is 0 Å². The molecule has 0 aliphatic heterocycles. The maximum Gasteiger partial charge on any atom is 0.193 e. The van der Waals surface area contributed by atoms with Crippen molar-refractivity contribution in [2.45, 2.75) is 0 Å². The molecule has 2 rings (SSSR count). The van der Waals surface area contributed by atoms with Gasteiger partial charge < -0.3 is 25.3 Å². The van der Waals surface area contributed by atoms with Gasteiger partial charge in [0.15, 0.2) is 5.96 Å². The third-order valence-electron chi connectivity index (χ3n) is 3.07. The lowest BCUT2D eigenvalue weighted by atomic mass is 10.3. The zero-order valence-corrected chi connectivity index (χ0v) is 16.0. The Balaban J connectivity index is 0.00000288. The van der Waals surface area contributed by atoms with Gasteiger partial charge >= 0.3 is 0 Å². The van der Waals surface area contributed by atoms with Crippen LogP contribution in [0.4, 0.5) is 5.69 Å². The molecule has 130 valence electrons. The number of nitrogens with zero attached hydrogens (tertiary/aromatic N) is 1. The number of anilines is 1. The SMILES string of the molecule is COc1ccc(OCCN=C(N)Nc2ccccc2OC)cc1.I. The lowest BCUT2D eigenvalue weighted by molar-refractivity contribution is 0.327. The molecule has 0 saturated carbocycles. The molecule has 0 fully saturated rings. The molecule has 0 aromatic heterocycles. The maximum atomic E-state index is 5.86. The molecule has 3 N–H and O–H groups in total. The van der Waals surface area contributed by atoms with Crippen LogP contribution < -0.4 is 25.3 Å². The van der Waals surface area contributed by atoms with Crippen LogP contribution in [0.1, 0.15) is 0 Å². The minimum atomic E-state index is 0. The van der Waals surface area contributed by atoms with Crippen LogP contribution in [0.5, 0.6) is 17.2 Å². The normalized spacial score (nSPS) is 10.5. The Morgan fingerprint density at radius 3 is 2.33 bits per heavy atom. The first kappa shape index (κ1) is 19.9. The second kappa shape index (κ2) is 10.6. The number of hydrogen-bond donors (Lipinski definition) is 2. The molecule has 0 saturated heterocycles. The highest BCUT2D eigenvalue weighted by Gasteiger charge is 2.02. The van der Waals surface area contributed by atoms with E-state index in [-0.39, 0.29) is 24.0 Å². The van der Waals surface area contributed by atoms with Crippen LogP contribution in [0.25, 0.3) is 0 Å². The molecule has 0 radical (unpaired) electrons. The van der Waals surface area contributed by atoms with E-state index in [1.807, 2.05) is 48.5 Å². The fourth-order valence-corrected chi connectivity index (χ4v) is 1.93. The summed E-state index contributed by atoms with van der Waals surface area (Å²) >= 11 is 0. The number of benzene rings is 2. The molecule has 24 heavy (non-hydrogen) atoms. The van der Waals surface area contributed by atoms with Crippen molar-refractivity contribution < 1.29 is 14.2 Å². The number of halogens is 1. The van der Waals surface area contributed by atoms with Crippen LogP contribution in [0.15, 0.2) is 53.5 Å². The molecule has 6 nitrogen and oxygen atoms in total. The number of hydrogen-bond acceptors (Lipinski definition) is 4. The van der Waals surface area contributed by atoms with Crippen LogP contribution in [-0.2, 0) is 0 Å². The summed E-state index contributed by atoms with van der Waals surface area (Å²) in [5.74, 6) is 2.57. The second-order valence-corrected chi connectivity index (χ2v) is 4.62. The summed E-state index contributed by atoms with van der Waals surface area (Å²) in [6.07, 6.45) is 0. The number of ether oxygens (including phenoxy) is 3. The Labute approximate surface area is 159 Å². The van der Waals surface area contributed by atoms with E-state index in [2.05, 4.69) is 10.3 Å². The third kappa shape index (κ3) is 6.15. The van der Waals surface area contributed by atoms with Crippen molar-refractivity contribution in [3.05, 3.63) is 48.5 Å². The summed E-state index contributed by atoms with van der Waals surface area (Å²) in [5.41, 5.74) is 6.63. The number of aliphatic imine (C=N–C) groups is 1. The van der Waals surface area contributed by atoms with Crippen molar-refractivity contribution in [1.82, 2.24) is 0 Å². The van der Waals surface area contributed by atoms with Crippen LogP contribution in [0.2, 0.25) is 0 Å². The first-order valence-corrected chi connectivity index (χ1v) is 7.19. The number of guanidine groups is 1. The highest BCUT2D eigenvalue weighted by Crippen LogP contribution is 2.22. The molecule has 0 heterocycles. The van der Waals surface area contributed by atoms with Crippen LogP contribution in [0, 0.1) is 0 Å². The Kier molecular flexibility index (Phi) is 8.77. The smallest absolute Gasteiger partial charge is 0.193 e. The Morgan fingerprint density at radius 2 is 1.67 bits per heavy atom. The second-order valence-electron chi connectivity index (χ2n) is 4.62. The summed E-state index contributed by atoms with van der Waals surface area (Å²) in [6.45, 7) is 0.876. The van der Waals surface area contributed by atoms with E-state index in [0.717, 1.165) is 17.2 Å². The van der Waals surface area contributed by atoms with E-state index in [1.165, 1.54) is 0 Å². The molecule has 0 aliphatic carbocycles. The van der Waals surface area contributed by atoms with E-state index < -0.39 is 0 Å². The monoisotopic (exact) mass is 443 g/mol. The number of para-hydroxylation sites is 2. The number of nitrogens with two attached hydrogens (primary N) is 1. The van der Waals surface area contributed by atoms with Gasteiger partial charge in [0.2, 0.25) is 0 Å². The van der Waals surface area contributed by atoms with E-state index in [0.29, 0.717) is 24.9 Å². The predicted molar refractivity (Wildman–Crippen MR) is 107 cm³/mol. The lowest BCUT2D eigenvalue weighted by Crippen LogP contribution is -2.23. The minimum Gasteiger partial charge on any atom is -0.497 e. The molecule has 0 atom stereocenters. The van der Waals surface area contributed by atoms with Gasteiger partial charge in [-0.25, -0.2) is 4.99 Å². The van der Waals surface area contributed by atoms with Crippen molar-refractivity contribution >= 4 is 35.6 Å². The fraction of sp³-hybridized carbons (Fsp3) is 0.235. The molecule has 0 bridgehead atoms. The quantitative estimate of drug-likeness (QED) is 0.298. The molecule has 0 aliphatic rings. The average Bonchev–Trinajstić information content (AvgIpc) is 2.59. The number of methoxy groups -OCH3 is 2. The predicted octanol–water partition coefficient (Wildman–Crippen LogP) is 3.13. The van der Waals surface area contributed by atoms with Crippen molar-refractivity contribution in [2.75, 3.05) is 32.7 Å². The van der Waals surface area contributed by atoms with Crippen LogP contribution in [-0.4, -0.2) is 33.3 Å². The summed E-state index contributed by atoms with van der Waals surface area (Å²) in [7, 11) is 3.23. The van der Waals surface area contributed by atoms with E-state index in [1.54, 1.807) is 14.2 Å². The van der Waals surface area contributed by atoms with Gasteiger partial charge in [0, 0.05) is 0 Å². The fourth-order valence-electron chi connectivity index (χ4n) is 1.93. The van der Waals surface area contributed by atoms with Crippen molar-refractivity contribution in [3.8, 4) is 17.2 Å². The van der Waals surface area contributed by atoms with E-state index in [9.17, 15) is 0 Å². The number of nitrogens with one attached hydrogen (secondary N) is 1. The molecule has 0 unspecified atom stereocenters. The highest BCUT2D eigenvalue weighted by atomic mass is 127. The van der Waals surface area contributed by atoms with Gasteiger partial charge in [0.1, 0.15) is 23.9 Å². The van der Waals surface area contributed by atoms with Crippen LogP contribution >= 0.6 is 24.0 Å². The number of rotatable bonds is 7. The van der Waals surface area contributed by atoms with Crippen molar-refractivity contribution in [3.63, 3.8) is 0 Å². The van der Waals surface area contributed by atoms with E-state index >= 15 is 0 Å². The lowest BCUT2D eigenvalue weighted by Gasteiger charge is -2.10. The van der Waals surface area contributed by atoms with Gasteiger partial charge in [-0.2, -0.15) is 0 Å². The van der Waals surface area contributed by atoms with Gasteiger partial charge in [0.05, 0.1) is 26.5 Å². The van der Waals surface area contributed by atoms with Gasteiger partial charge in [-0.3, -0.25) is 0 Å². The third-order valence-corrected chi connectivity index (χ3v) is 3.07. The molecule has 0 spiro atoms. The molecule has 7 heteroatoms. The minimum absolute atomic E-state index is 0.